The molecule has 0 saturated carbocycles. The maximum atomic E-state index is 14.0. The molecule has 2 saturated heterocycles. The maximum Gasteiger partial charge on any atom is 0.338 e. The third kappa shape index (κ3) is 9.08. The van der Waals surface area contributed by atoms with Crippen LogP contribution in [0.3, 0.4) is 0 Å². The zero-order valence-corrected chi connectivity index (χ0v) is 31.0. The van der Waals surface area contributed by atoms with E-state index in [1.54, 1.807) is 58.0 Å². The first-order chi connectivity index (χ1) is 22.8. The molecule has 0 spiro atoms. The molecule has 3 rings (SSSR count). The van der Waals surface area contributed by atoms with E-state index in [0.717, 1.165) is 0 Å². The van der Waals surface area contributed by atoms with Crippen LogP contribution in [-0.4, -0.2) is 119 Å². The Bertz CT molecular complexity index is 1260. The third-order valence-corrected chi connectivity index (χ3v) is 11.0. The van der Waals surface area contributed by atoms with Crippen molar-refractivity contribution >= 4 is 17.7 Å². The number of esters is 2. The van der Waals surface area contributed by atoms with Crippen molar-refractivity contribution in [2.75, 3.05) is 21.2 Å². The molecular formula is C37H59NO11. The third-order valence-electron chi connectivity index (χ3n) is 11.0. The highest BCUT2D eigenvalue weighted by Gasteiger charge is 2.51. The number of likely N-dealkylation sites (N-methyl/N-ethyl adjacent to an activating group) is 1. The first-order valence-corrected chi connectivity index (χ1v) is 17.4. The number of Topliss-reactive ketones (excluding diaryl/α,β-unsaturated/α-hetero) is 1. The Kier molecular flexibility index (Phi) is 14.0. The van der Waals surface area contributed by atoms with E-state index in [-0.39, 0.29) is 30.8 Å². The molecule has 12 heteroatoms. The summed E-state index contributed by atoms with van der Waals surface area (Å²) in [5.41, 5.74) is -2.80. The fourth-order valence-corrected chi connectivity index (χ4v) is 7.12. The lowest BCUT2D eigenvalue weighted by molar-refractivity contribution is -0.281. The van der Waals surface area contributed by atoms with Crippen molar-refractivity contribution in [2.45, 2.75) is 135 Å². The number of hydrogen-bond donors (Lipinski definition) is 3. The zero-order chi connectivity index (χ0) is 37.0. The minimum absolute atomic E-state index is 0.0490. The van der Waals surface area contributed by atoms with E-state index in [4.69, 9.17) is 23.7 Å². The van der Waals surface area contributed by atoms with Crippen LogP contribution < -0.4 is 0 Å². The molecule has 0 bridgehead atoms. The van der Waals surface area contributed by atoms with Gasteiger partial charge in [0, 0.05) is 31.3 Å². The highest BCUT2D eigenvalue weighted by molar-refractivity contribution is 5.89. The van der Waals surface area contributed by atoms with Gasteiger partial charge in [-0.1, -0.05) is 45.9 Å². The van der Waals surface area contributed by atoms with Crippen molar-refractivity contribution in [3.05, 3.63) is 35.9 Å². The van der Waals surface area contributed by atoms with Crippen molar-refractivity contribution in [3.8, 4) is 0 Å². The fraction of sp³-hybridized carbons (Fsp3) is 0.757. The number of aliphatic hydroxyl groups is 3. The summed E-state index contributed by atoms with van der Waals surface area (Å²) in [7, 11) is 5.24. The Labute approximate surface area is 291 Å². The Morgan fingerprint density at radius 1 is 1.02 bits per heavy atom. The van der Waals surface area contributed by atoms with Crippen molar-refractivity contribution in [1.82, 2.24) is 4.90 Å². The van der Waals surface area contributed by atoms with Gasteiger partial charge in [0.25, 0.3) is 0 Å². The van der Waals surface area contributed by atoms with Crippen molar-refractivity contribution in [3.63, 3.8) is 0 Å². The number of carbonyl (C=O) groups excluding carboxylic acids is 3. The van der Waals surface area contributed by atoms with Crippen molar-refractivity contribution < 1.29 is 53.4 Å². The summed E-state index contributed by atoms with van der Waals surface area (Å²) >= 11 is 0. The Morgan fingerprint density at radius 2 is 1.63 bits per heavy atom. The smallest absolute Gasteiger partial charge is 0.338 e. The zero-order valence-electron chi connectivity index (χ0n) is 31.0. The molecule has 0 aliphatic carbocycles. The summed E-state index contributed by atoms with van der Waals surface area (Å²) in [5, 5.41) is 34.4. The quantitative estimate of drug-likeness (QED) is 0.358. The molecule has 14 atom stereocenters. The SMILES string of the molecule is CC[C@H]1OC(=O)[C@H](C)C(O)[C@H](C)[C@@H](O[C@@H]2O[C@H](C)C[C@H](N(C)C)[C@H]2OC(=O)c2ccccc2)C[C@@](C)(OC)[C@@H](C)C(=O)[C@H](C)[C@@H](O)[C@]1(C)O. The van der Waals surface area contributed by atoms with Crippen LogP contribution in [0.15, 0.2) is 30.3 Å². The Morgan fingerprint density at radius 3 is 2.18 bits per heavy atom. The number of methoxy groups -OCH3 is 1. The minimum atomic E-state index is -1.96. The molecule has 1 aromatic rings. The van der Waals surface area contributed by atoms with Gasteiger partial charge < -0.3 is 43.9 Å². The average molecular weight is 694 g/mol. The Balaban J connectivity index is 2.10. The van der Waals surface area contributed by atoms with E-state index >= 15 is 0 Å². The molecule has 0 amide bonds. The number of rotatable bonds is 7. The standard InChI is InChI=1S/C37H59NO11/c1-12-28-37(8,44)32(41)22(4)30(40)24(6)36(7,45-11)19-27(21(3)29(39)23(5)33(42)48-28)47-35-31(26(38(9)10)18-20(2)46-35)49-34(43)25-16-14-13-15-17-25/h13-17,20-24,26-29,31-32,35,39,41,44H,12,18-19H2,1-11H3/t20-,21-,22+,23-,24+,26+,27+,28-,29?,31-,32-,35+,36-,37-/m1/s1. The van der Waals surface area contributed by atoms with E-state index in [1.165, 1.54) is 27.9 Å². The highest BCUT2D eigenvalue weighted by Crippen LogP contribution is 2.39. The lowest BCUT2D eigenvalue weighted by atomic mass is 9.73. The molecule has 1 unspecified atom stereocenters. The van der Waals surface area contributed by atoms with Crippen LogP contribution in [-0.2, 0) is 33.3 Å². The van der Waals surface area contributed by atoms with Gasteiger partial charge in [0.15, 0.2) is 12.4 Å². The number of ether oxygens (including phenoxy) is 5. The number of nitrogens with zero attached hydrogens (tertiary/aromatic N) is 1. The van der Waals surface area contributed by atoms with Crippen LogP contribution in [0, 0.1) is 23.7 Å². The molecule has 1 aromatic carbocycles. The lowest BCUT2D eigenvalue weighted by Gasteiger charge is -2.46. The summed E-state index contributed by atoms with van der Waals surface area (Å²) in [6.07, 6.45) is -6.43. The number of benzene rings is 1. The van der Waals surface area contributed by atoms with E-state index < -0.39 is 83.6 Å². The van der Waals surface area contributed by atoms with E-state index in [9.17, 15) is 29.7 Å². The molecule has 12 nitrogen and oxygen atoms in total. The van der Waals surface area contributed by atoms with Gasteiger partial charge >= 0.3 is 11.9 Å². The van der Waals surface area contributed by atoms with Crippen molar-refractivity contribution in [2.24, 2.45) is 23.7 Å². The predicted octanol–water partition coefficient (Wildman–Crippen LogP) is 3.38. The lowest BCUT2D eigenvalue weighted by Crippen LogP contribution is -2.59. The summed E-state index contributed by atoms with van der Waals surface area (Å²) in [4.78, 5) is 42.7. The van der Waals surface area contributed by atoms with Gasteiger partial charge in [0.2, 0.25) is 0 Å². The van der Waals surface area contributed by atoms with Crippen LogP contribution in [0.5, 0.6) is 0 Å². The summed E-state index contributed by atoms with van der Waals surface area (Å²) in [6.45, 7) is 13.2. The predicted molar refractivity (Wildman–Crippen MR) is 181 cm³/mol. The van der Waals surface area contributed by atoms with Crippen LogP contribution in [0.2, 0.25) is 0 Å². The second-order valence-electron chi connectivity index (χ2n) is 14.8. The molecule has 3 N–H and O–H groups in total. The largest absolute Gasteiger partial charge is 0.459 e. The van der Waals surface area contributed by atoms with E-state index in [0.29, 0.717) is 12.0 Å². The number of cyclic esters (lactones) is 1. The summed E-state index contributed by atoms with van der Waals surface area (Å²) in [5.74, 6) is -5.39. The Hall–Kier alpha value is -2.45. The molecule has 2 aliphatic heterocycles. The van der Waals surface area contributed by atoms with Gasteiger partial charge in [-0.05, 0) is 66.8 Å². The molecule has 49 heavy (non-hydrogen) atoms. The van der Waals surface area contributed by atoms with Crippen LogP contribution in [0.4, 0.5) is 0 Å². The second-order valence-corrected chi connectivity index (χ2v) is 14.8. The molecule has 0 radical (unpaired) electrons. The van der Waals surface area contributed by atoms with Gasteiger partial charge in [0.1, 0.15) is 17.5 Å². The van der Waals surface area contributed by atoms with Gasteiger partial charge in [-0.3, -0.25) is 9.59 Å². The molecule has 278 valence electrons. The monoisotopic (exact) mass is 693 g/mol. The molecule has 2 fully saturated rings. The van der Waals surface area contributed by atoms with Gasteiger partial charge in [0.05, 0.1) is 47.5 Å². The summed E-state index contributed by atoms with van der Waals surface area (Å²) < 4.78 is 30.9. The van der Waals surface area contributed by atoms with Gasteiger partial charge in [-0.25, -0.2) is 4.79 Å². The fourth-order valence-electron chi connectivity index (χ4n) is 7.12. The van der Waals surface area contributed by atoms with Crippen LogP contribution in [0.25, 0.3) is 0 Å². The normalized spacial score (nSPS) is 41.5. The molecular weight excluding hydrogens is 634 g/mol. The number of carbonyl (C=O) groups is 3. The molecule has 2 heterocycles. The summed E-state index contributed by atoms with van der Waals surface area (Å²) in [6, 6.07) is 8.33. The molecule has 2 aliphatic rings. The number of hydrogen-bond acceptors (Lipinski definition) is 12. The average Bonchev–Trinajstić information content (AvgIpc) is 3.08. The topological polar surface area (TPSA) is 161 Å². The highest BCUT2D eigenvalue weighted by atomic mass is 16.7. The number of ketones is 1. The second kappa shape index (κ2) is 16.7. The first-order valence-electron chi connectivity index (χ1n) is 17.4. The minimum Gasteiger partial charge on any atom is -0.459 e. The first kappa shape index (κ1) is 41.0. The maximum absolute atomic E-state index is 14.0. The van der Waals surface area contributed by atoms with Crippen molar-refractivity contribution in [1.29, 1.82) is 0 Å². The van der Waals surface area contributed by atoms with Gasteiger partial charge in [-0.15, -0.1) is 0 Å². The van der Waals surface area contributed by atoms with E-state index in [2.05, 4.69) is 0 Å². The molecule has 0 aromatic heterocycles. The van der Waals surface area contributed by atoms with Crippen LogP contribution >= 0.6 is 0 Å². The number of aliphatic hydroxyl groups excluding tert-OH is 2. The van der Waals surface area contributed by atoms with Gasteiger partial charge in [-0.2, -0.15) is 0 Å². The van der Waals surface area contributed by atoms with Crippen LogP contribution in [0.1, 0.15) is 85.0 Å². The van der Waals surface area contributed by atoms with E-state index in [1.807, 2.05) is 25.9 Å².